The van der Waals surface area contributed by atoms with Crippen LogP contribution in [0.15, 0.2) is 35.4 Å². The molecule has 0 spiro atoms. The van der Waals surface area contributed by atoms with E-state index in [1.807, 2.05) is 26.1 Å². The van der Waals surface area contributed by atoms with Crippen molar-refractivity contribution in [1.29, 1.82) is 5.26 Å². The molecule has 0 bridgehead atoms. The van der Waals surface area contributed by atoms with Crippen LogP contribution in [-0.2, 0) is 18.8 Å². The minimum atomic E-state index is -0.105. The average Bonchev–Trinajstić information content (AvgIpc) is 3.36. The lowest BCUT2D eigenvalue weighted by atomic mass is 10.0. The number of hydrogen-bond donors (Lipinski definition) is 1. The van der Waals surface area contributed by atoms with E-state index in [9.17, 15) is 10.1 Å². The van der Waals surface area contributed by atoms with Gasteiger partial charge in [-0.25, -0.2) is 9.78 Å². The van der Waals surface area contributed by atoms with Gasteiger partial charge in [-0.1, -0.05) is 0 Å². The first-order chi connectivity index (χ1) is 16.0. The molecule has 0 saturated carbocycles. The third-order valence-corrected chi connectivity index (χ3v) is 6.22. The van der Waals surface area contributed by atoms with Crippen LogP contribution in [0.4, 0.5) is 11.6 Å². The van der Waals surface area contributed by atoms with Crippen molar-refractivity contribution in [2.45, 2.75) is 25.8 Å². The fourth-order valence-corrected chi connectivity index (χ4v) is 4.37. The molecule has 1 aromatic carbocycles. The molecule has 5 rings (SSSR count). The summed E-state index contributed by atoms with van der Waals surface area (Å²) < 4.78 is 10.5. The molecule has 0 unspecified atom stereocenters. The van der Waals surface area contributed by atoms with E-state index in [2.05, 4.69) is 21.5 Å². The number of ether oxygens (including phenoxy) is 1. The Hall–Kier alpha value is -3.97. The summed E-state index contributed by atoms with van der Waals surface area (Å²) in [6.45, 7) is 3.22. The Bertz CT molecular complexity index is 1450. The van der Waals surface area contributed by atoms with Crippen LogP contribution >= 0.6 is 0 Å². The number of nitrogens with zero attached hydrogens (tertiary/aromatic N) is 7. The molecule has 4 aromatic rings. The zero-order chi connectivity index (χ0) is 23.1. The number of benzene rings is 1. The highest BCUT2D eigenvalue weighted by Gasteiger charge is 2.23. The van der Waals surface area contributed by atoms with Crippen LogP contribution in [-0.4, -0.2) is 42.1 Å². The first kappa shape index (κ1) is 20.9. The first-order valence-corrected chi connectivity index (χ1v) is 10.8. The maximum Gasteiger partial charge on any atom is 0.330 e. The molecule has 0 aliphatic carbocycles. The number of hydrogen-bond acceptors (Lipinski definition) is 7. The first-order valence-electron chi connectivity index (χ1n) is 10.8. The molecule has 33 heavy (non-hydrogen) atoms. The number of nitrogens with one attached hydrogen (secondary N) is 1. The number of aromatic nitrogens is 6. The monoisotopic (exact) mass is 444 g/mol. The molecule has 3 aromatic heterocycles. The molecular weight excluding hydrogens is 420 g/mol. The van der Waals surface area contributed by atoms with E-state index in [4.69, 9.17) is 9.72 Å². The second-order valence-electron chi connectivity index (χ2n) is 8.25. The van der Waals surface area contributed by atoms with Crippen molar-refractivity contribution in [3.63, 3.8) is 0 Å². The zero-order valence-electron chi connectivity index (χ0n) is 18.7. The van der Waals surface area contributed by atoms with Crippen molar-refractivity contribution >= 4 is 22.8 Å². The molecule has 1 fully saturated rings. The van der Waals surface area contributed by atoms with Crippen LogP contribution in [0.5, 0.6) is 0 Å². The highest BCUT2D eigenvalue weighted by atomic mass is 16.5. The molecule has 10 nitrogen and oxygen atoms in total. The van der Waals surface area contributed by atoms with E-state index >= 15 is 0 Å². The Balaban J connectivity index is 1.55. The van der Waals surface area contributed by atoms with Crippen molar-refractivity contribution in [1.82, 2.24) is 28.9 Å². The van der Waals surface area contributed by atoms with Crippen LogP contribution in [0.2, 0.25) is 0 Å². The second-order valence-corrected chi connectivity index (χ2v) is 8.25. The van der Waals surface area contributed by atoms with Gasteiger partial charge in [-0.05, 0) is 43.5 Å². The van der Waals surface area contributed by atoms with Crippen LogP contribution in [0.3, 0.4) is 0 Å². The summed E-state index contributed by atoms with van der Waals surface area (Å²) >= 11 is 0. The lowest BCUT2D eigenvalue weighted by molar-refractivity contribution is 0.0695. The van der Waals surface area contributed by atoms with E-state index in [-0.39, 0.29) is 11.7 Å². The molecule has 168 valence electrons. The molecule has 10 heteroatoms. The van der Waals surface area contributed by atoms with Gasteiger partial charge in [0.25, 0.3) is 0 Å². The van der Waals surface area contributed by atoms with Crippen LogP contribution < -0.4 is 11.0 Å². The summed E-state index contributed by atoms with van der Waals surface area (Å²) in [6.07, 6.45) is 4.91. The van der Waals surface area contributed by atoms with Gasteiger partial charge in [-0.3, -0.25) is 13.8 Å². The van der Waals surface area contributed by atoms with E-state index in [1.165, 1.54) is 0 Å². The lowest BCUT2D eigenvalue weighted by Crippen LogP contribution is -2.30. The normalized spacial score (nSPS) is 14.5. The summed E-state index contributed by atoms with van der Waals surface area (Å²) in [7, 11) is 3.58. The number of rotatable bonds is 4. The van der Waals surface area contributed by atoms with Crippen LogP contribution in [0.1, 0.15) is 30.0 Å². The second kappa shape index (κ2) is 8.18. The highest BCUT2D eigenvalue weighted by Crippen LogP contribution is 2.30. The number of aryl methyl sites for hydroxylation is 3. The fraction of sp³-hybridized carbons (Fsp3) is 0.348. The number of fused-ring (bicyclic) bond motifs is 1. The van der Waals surface area contributed by atoms with E-state index in [0.717, 1.165) is 35.3 Å². The van der Waals surface area contributed by atoms with E-state index < -0.39 is 0 Å². The van der Waals surface area contributed by atoms with Gasteiger partial charge in [0.2, 0.25) is 5.95 Å². The largest absolute Gasteiger partial charge is 0.381 e. The van der Waals surface area contributed by atoms with Gasteiger partial charge in [0, 0.05) is 50.8 Å². The van der Waals surface area contributed by atoms with Gasteiger partial charge in [0.1, 0.15) is 5.52 Å². The number of anilines is 2. The van der Waals surface area contributed by atoms with Gasteiger partial charge in [0.05, 0.1) is 23.5 Å². The highest BCUT2D eigenvalue weighted by molar-refractivity contribution is 5.76. The van der Waals surface area contributed by atoms with Crippen molar-refractivity contribution in [2.24, 2.45) is 14.1 Å². The summed E-state index contributed by atoms with van der Waals surface area (Å²) in [5.41, 5.74) is 5.03. The lowest BCUT2D eigenvalue weighted by Gasteiger charge is -2.22. The molecule has 4 heterocycles. The zero-order valence-corrected chi connectivity index (χ0v) is 18.7. The standard InChI is InChI=1S/C23H24N8O2/c1-14-10-17(19-4-7-26-30(19)3)15(12-24)11-18(14)27-22-25-13-20-21(28-22)31(23(32)29(20)2)16-5-8-33-9-6-16/h4,7,10-11,13,16H,5-6,8-9H2,1-3H3,(H,25,27,28). The number of imidazole rings is 1. The van der Waals surface area contributed by atoms with Crippen molar-refractivity contribution in [2.75, 3.05) is 18.5 Å². The Morgan fingerprint density at radius 3 is 2.73 bits per heavy atom. The van der Waals surface area contributed by atoms with Crippen molar-refractivity contribution in [3.8, 4) is 17.3 Å². The fourth-order valence-electron chi connectivity index (χ4n) is 4.37. The minimum absolute atomic E-state index is 0.0443. The predicted molar refractivity (Wildman–Crippen MR) is 123 cm³/mol. The molecule has 1 aliphatic rings. The Morgan fingerprint density at radius 1 is 1.24 bits per heavy atom. The smallest absolute Gasteiger partial charge is 0.330 e. The average molecular weight is 444 g/mol. The predicted octanol–water partition coefficient (Wildman–Crippen LogP) is 2.81. The summed E-state index contributed by atoms with van der Waals surface area (Å²) in [4.78, 5) is 22.0. The van der Waals surface area contributed by atoms with E-state index in [0.29, 0.717) is 35.9 Å². The maximum atomic E-state index is 12.9. The number of nitriles is 1. The van der Waals surface area contributed by atoms with Crippen molar-refractivity contribution in [3.05, 3.63) is 52.2 Å². The molecule has 1 saturated heterocycles. The van der Waals surface area contributed by atoms with Crippen molar-refractivity contribution < 1.29 is 4.74 Å². The van der Waals surface area contributed by atoms with Gasteiger partial charge < -0.3 is 10.1 Å². The Labute approximate surface area is 190 Å². The Kier molecular flexibility index (Phi) is 5.18. The molecule has 0 radical (unpaired) electrons. The molecule has 0 amide bonds. The van der Waals surface area contributed by atoms with Gasteiger partial charge in [-0.2, -0.15) is 15.3 Å². The van der Waals surface area contributed by atoms with Gasteiger partial charge in [0.15, 0.2) is 5.65 Å². The molecule has 0 atom stereocenters. The van der Waals surface area contributed by atoms with Crippen LogP contribution in [0.25, 0.3) is 22.4 Å². The summed E-state index contributed by atoms with van der Waals surface area (Å²) in [5, 5.41) is 17.2. The SMILES string of the molecule is Cc1cc(-c2ccnn2C)c(C#N)cc1Nc1ncc2c(n1)n(C1CCOCC1)c(=O)n2C. The summed E-state index contributed by atoms with van der Waals surface area (Å²) in [6, 6.07) is 7.95. The van der Waals surface area contributed by atoms with E-state index in [1.54, 1.807) is 39.3 Å². The third-order valence-electron chi connectivity index (χ3n) is 6.22. The minimum Gasteiger partial charge on any atom is -0.381 e. The van der Waals surface area contributed by atoms with Gasteiger partial charge in [-0.15, -0.1) is 0 Å². The topological polar surface area (TPSA) is 116 Å². The molecule has 1 aliphatic heterocycles. The maximum absolute atomic E-state index is 12.9. The molecule has 1 N–H and O–H groups in total. The molecular formula is C23H24N8O2. The Morgan fingerprint density at radius 2 is 2.03 bits per heavy atom. The third kappa shape index (κ3) is 3.56. The quantitative estimate of drug-likeness (QED) is 0.514. The summed E-state index contributed by atoms with van der Waals surface area (Å²) in [5.74, 6) is 0.370. The van der Waals surface area contributed by atoms with Crippen LogP contribution in [0, 0.1) is 18.3 Å². The van der Waals surface area contributed by atoms with Gasteiger partial charge >= 0.3 is 5.69 Å².